The fraction of sp³-hybridized carbons (Fsp3) is 0.167. The number of nitrogens with one attached hydrogen (secondary N) is 1. The molecule has 4 aromatic rings. The van der Waals surface area contributed by atoms with E-state index in [1.54, 1.807) is 53.7 Å². The van der Waals surface area contributed by atoms with Gasteiger partial charge in [0.1, 0.15) is 0 Å². The normalized spacial score (nSPS) is 14.8. The molecule has 1 atom stereocenters. The summed E-state index contributed by atoms with van der Waals surface area (Å²) in [4.78, 5) is 46.8. The lowest BCUT2D eigenvalue weighted by Crippen LogP contribution is -2.42. The average molecular weight is 520 g/mol. The third kappa shape index (κ3) is 5.61. The van der Waals surface area contributed by atoms with Gasteiger partial charge in [-0.2, -0.15) is 0 Å². The van der Waals surface area contributed by atoms with Crippen molar-refractivity contribution >= 4 is 28.7 Å². The van der Waals surface area contributed by atoms with E-state index in [2.05, 4.69) is 27.2 Å². The van der Waals surface area contributed by atoms with Crippen LogP contribution in [0.15, 0.2) is 73.1 Å². The number of aliphatic carboxylic acids is 1. The summed E-state index contributed by atoms with van der Waals surface area (Å²) >= 11 is 0. The number of hydrazine groups is 1. The number of benzene rings is 2. The van der Waals surface area contributed by atoms with Gasteiger partial charge in [-0.05, 0) is 61.4 Å². The molecule has 1 fully saturated rings. The molecule has 2 aromatic carbocycles. The summed E-state index contributed by atoms with van der Waals surface area (Å²) < 4.78 is 0. The van der Waals surface area contributed by atoms with Gasteiger partial charge in [0.05, 0.1) is 22.7 Å². The van der Waals surface area contributed by atoms with Gasteiger partial charge in [-0.1, -0.05) is 24.0 Å². The lowest BCUT2D eigenvalue weighted by Gasteiger charge is -2.30. The van der Waals surface area contributed by atoms with Crippen LogP contribution in [-0.2, 0) is 4.79 Å². The molecule has 0 spiro atoms. The van der Waals surface area contributed by atoms with Gasteiger partial charge in [0.15, 0.2) is 0 Å². The zero-order valence-corrected chi connectivity index (χ0v) is 20.9. The number of piperidine rings is 1. The molecular formula is C30H25N5O4. The minimum absolute atomic E-state index is 0.165. The van der Waals surface area contributed by atoms with Crippen LogP contribution in [0.2, 0.25) is 0 Å². The molecule has 9 nitrogen and oxygen atoms in total. The maximum atomic E-state index is 12.8. The second kappa shape index (κ2) is 11.1. The zero-order valence-electron chi connectivity index (χ0n) is 20.9. The molecule has 2 amide bonds. The molecule has 0 aliphatic carbocycles. The highest BCUT2D eigenvalue weighted by Gasteiger charge is 2.28. The van der Waals surface area contributed by atoms with E-state index in [0.717, 1.165) is 16.7 Å². The van der Waals surface area contributed by atoms with E-state index in [1.165, 1.54) is 0 Å². The molecule has 4 N–H and O–H groups in total. The predicted molar refractivity (Wildman–Crippen MR) is 145 cm³/mol. The van der Waals surface area contributed by atoms with Crippen molar-refractivity contribution in [2.75, 3.05) is 13.1 Å². The zero-order chi connectivity index (χ0) is 27.4. The number of hydrogen-bond donors (Lipinski definition) is 3. The van der Waals surface area contributed by atoms with Crippen LogP contribution < -0.4 is 11.3 Å². The molecule has 2 aromatic heterocycles. The lowest BCUT2D eigenvalue weighted by atomic mass is 9.97. The van der Waals surface area contributed by atoms with Gasteiger partial charge in [0, 0.05) is 53.1 Å². The van der Waals surface area contributed by atoms with Crippen LogP contribution in [0.25, 0.3) is 22.2 Å². The van der Waals surface area contributed by atoms with Gasteiger partial charge >= 0.3 is 5.97 Å². The van der Waals surface area contributed by atoms with Crippen LogP contribution in [0, 0.1) is 17.8 Å². The first-order valence-corrected chi connectivity index (χ1v) is 12.4. The highest BCUT2D eigenvalue weighted by atomic mass is 16.4. The summed E-state index contributed by atoms with van der Waals surface area (Å²) in [6.07, 6.45) is 4.48. The van der Waals surface area contributed by atoms with Crippen molar-refractivity contribution in [3.05, 3.63) is 95.3 Å². The standard InChI is InChI=1S/C30H25N5O4/c31-34-28(36)24-16-27(33-26-13-14-32-17-25(24)26)21-9-5-19(6-10-21)3-4-20-7-11-22(12-8-20)29(37)35-15-1-2-23(18-35)30(38)39/h5-14,16-17,23H,1-2,15,18,31H2,(H,34,36)(H,38,39). The Morgan fingerprint density at radius 2 is 1.69 bits per heavy atom. The highest BCUT2D eigenvalue weighted by Crippen LogP contribution is 2.25. The second-order valence-corrected chi connectivity index (χ2v) is 9.25. The molecule has 1 saturated heterocycles. The smallest absolute Gasteiger partial charge is 0.308 e. The van der Waals surface area contributed by atoms with Gasteiger partial charge in [0.25, 0.3) is 11.8 Å². The number of carbonyl (C=O) groups excluding carboxylic acids is 2. The number of amides is 2. The number of rotatable bonds is 4. The Bertz CT molecular complexity index is 1620. The van der Waals surface area contributed by atoms with Gasteiger partial charge in [-0.3, -0.25) is 24.8 Å². The monoisotopic (exact) mass is 519 g/mol. The van der Waals surface area contributed by atoms with Crippen molar-refractivity contribution < 1.29 is 19.5 Å². The fourth-order valence-electron chi connectivity index (χ4n) is 4.59. The summed E-state index contributed by atoms with van der Waals surface area (Å²) in [5.41, 5.74) is 6.68. The van der Waals surface area contributed by atoms with E-state index in [9.17, 15) is 19.5 Å². The minimum atomic E-state index is -0.860. The number of fused-ring (bicyclic) bond motifs is 1. The molecule has 0 radical (unpaired) electrons. The van der Waals surface area contributed by atoms with Crippen molar-refractivity contribution in [3.8, 4) is 23.1 Å². The van der Waals surface area contributed by atoms with E-state index >= 15 is 0 Å². The Hall–Kier alpha value is -5.07. The molecule has 9 heteroatoms. The Labute approximate surface area is 224 Å². The SMILES string of the molecule is NNC(=O)c1cc(-c2ccc(C#Cc3ccc(C(=O)N4CCCC(C(=O)O)C4)cc3)cc2)nc2ccncc12. The molecule has 3 heterocycles. The number of hydrogen-bond acceptors (Lipinski definition) is 6. The minimum Gasteiger partial charge on any atom is -0.481 e. The third-order valence-electron chi connectivity index (χ3n) is 6.71. The Morgan fingerprint density at radius 1 is 1.00 bits per heavy atom. The third-order valence-corrected chi connectivity index (χ3v) is 6.71. The van der Waals surface area contributed by atoms with Crippen molar-refractivity contribution in [2.45, 2.75) is 12.8 Å². The number of nitrogens with zero attached hydrogens (tertiary/aromatic N) is 3. The fourth-order valence-corrected chi connectivity index (χ4v) is 4.59. The number of carboxylic acids is 1. The van der Waals surface area contributed by atoms with Crippen LogP contribution in [0.4, 0.5) is 0 Å². The largest absolute Gasteiger partial charge is 0.481 e. The van der Waals surface area contributed by atoms with Gasteiger partial charge in [0.2, 0.25) is 0 Å². The maximum absolute atomic E-state index is 12.8. The molecule has 1 aliphatic heterocycles. The summed E-state index contributed by atoms with van der Waals surface area (Å²) in [6, 6.07) is 17.9. The topological polar surface area (TPSA) is 139 Å². The number of carboxylic acid groups (broad SMARTS) is 1. The molecule has 1 aliphatic rings. The summed E-state index contributed by atoms with van der Waals surface area (Å²) in [6.45, 7) is 0.798. The summed E-state index contributed by atoms with van der Waals surface area (Å²) in [7, 11) is 0. The average Bonchev–Trinajstić information content (AvgIpc) is 2.99. The quantitative estimate of drug-likeness (QED) is 0.163. The van der Waals surface area contributed by atoms with Gasteiger partial charge in [-0.15, -0.1) is 0 Å². The summed E-state index contributed by atoms with van der Waals surface area (Å²) in [5.74, 6) is 9.62. The Balaban J connectivity index is 1.30. The maximum Gasteiger partial charge on any atom is 0.308 e. The predicted octanol–water partition coefficient (Wildman–Crippen LogP) is 3.24. The van der Waals surface area contributed by atoms with Crippen molar-refractivity contribution in [1.29, 1.82) is 0 Å². The van der Waals surface area contributed by atoms with Gasteiger partial charge < -0.3 is 10.0 Å². The van der Waals surface area contributed by atoms with E-state index in [1.807, 2.05) is 24.3 Å². The number of carbonyl (C=O) groups is 3. The lowest BCUT2D eigenvalue weighted by molar-refractivity contribution is -0.143. The van der Waals surface area contributed by atoms with Crippen molar-refractivity contribution in [1.82, 2.24) is 20.3 Å². The molecule has 1 unspecified atom stereocenters. The first-order chi connectivity index (χ1) is 18.9. The molecule has 194 valence electrons. The number of likely N-dealkylation sites (tertiary alicyclic amines) is 1. The Morgan fingerprint density at radius 3 is 2.36 bits per heavy atom. The molecule has 5 rings (SSSR count). The van der Waals surface area contributed by atoms with Crippen molar-refractivity contribution in [3.63, 3.8) is 0 Å². The van der Waals surface area contributed by atoms with Crippen LogP contribution in [-0.4, -0.2) is 50.8 Å². The van der Waals surface area contributed by atoms with E-state index in [-0.39, 0.29) is 12.5 Å². The van der Waals surface area contributed by atoms with Crippen LogP contribution in [0.3, 0.4) is 0 Å². The first-order valence-electron chi connectivity index (χ1n) is 12.4. The second-order valence-electron chi connectivity index (χ2n) is 9.25. The van der Waals surface area contributed by atoms with E-state index in [4.69, 9.17) is 5.84 Å². The molecule has 0 bridgehead atoms. The first kappa shape index (κ1) is 25.6. The van der Waals surface area contributed by atoms with E-state index < -0.39 is 17.8 Å². The van der Waals surface area contributed by atoms with Crippen molar-refractivity contribution in [2.24, 2.45) is 11.8 Å². The number of aromatic nitrogens is 2. The molecular weight excluding hydrogens is 494 g/mol. The molecule has 0 saturated carbocycles. The van der Waals surface area contributed by atoms with Gasteiger partial charge in [-0.25, -0.2) is 10.8 Å². The van der Waals surface area contributed by atoms with E-state index in [0.29, 0.717) is 47.1 Å². The number of nitrogens with two attached hydrogens (primary N) is 1. The summed E-state index contributed by atoms with van der Waals surface area (Å²) in [5, 5.41) is 9.88. The highest BCUT2D eigenvalue weighted by molar-refractivity contribution is 6.06. The van der Waals surface area contributed by atoms with Crippen LogP contribution in [0.1, 0.15) is 44.7 Å². The number of nitrogen functional groups attached to an aromatic ring is 1. The number of pyridine rings is 2. The Kier molecular flexibility index (Phi) is 7.30. The van der Waals surface area contributed by atoms with Crippen LogP contribution >= 0.6 is 0 Å². The van der Waals surface area contributed by atoms with Crippen LogP contribution in [0.5, 0.6) is 0 Å². The molecule has 39 heavy (non-hydrogen) atoms.